The highest BCUT2D eigenvalue weighted by molar-refractivity contribution is 6.03. The van der Waals surface area contributed by atoms with Crippen LogP contribution in [0.3, 0.4) is 0 Å². The zero-order valence-electron chi connectivity index (χ0n) is 8.05. The molecule has 1 aromatic carbocycles. The predicted octanol–water partition coefficient (Wildman–Crippen LogP) is 1.42. The van der Waals surface area contributed by atoms with Crippen molar-refractivity contribution in [2.45, 2.75) is 13.0 Å². The molecule has 3 heteroatoms. The number of aliphatic hydroxyl groups excluding tert-OH is 1. The van der Waals surface area contributed by atoms with Gasteiger partial charge >= 0.3 is 0 Å². The van der Waals surface area contributed by atoms with Crippen LogP contribution in [0.5, 0.6) is 0 Å². The summed E-state index contributed by atoms with van der Waals surface area (Å²) in [6, 6.07) is 9.81. The molecule has 1 aromatic rings. The molecule has 14 heavy (non-hydrogen) atoms. The zero-order chi connectivity index (χ0) is 9.97. The number of nitrogens with zero attached hydrogens (tertiary/aromatic N) is 1. The fourth-order valence-electron chi connectivity index (χ4n) is 1.61. The molecule has 0 saturated carbocycles. The summed E-state index contributed by atoms with van der Waals surface area (Å²) in [5, 5.41) is 13.2. The van der Waals surface area contributed by atoms with Gasteiger partial charge in [0.2, 0.25) is 0 Å². The Labute approximate surface area is 83.0 Å². The summed E-state index contributed by atoms with van der Waals surface area (Å²) < 4.78 is 0. The maximum Gasteiger partial charge on any atom is 0.135 e. The normalized spacial score (nSPS) is 25.7. The lowest BCUT2D eigenvalue weighted by molar-refractivity contribution is 0.0596. The van der Waals surface area contributed by atoms with Crippen molar-refractivity contribution in [2.24, 2.45) is 11.1 Å². The van der Waals surface area contributed by atoms with Gasteiger partial charge in [-0.15, -0.1) is 0 Å². The van der Waals surface area contributed by atoms with Gasteiger partial charge in [0, 0.05) is 0 Å². The average Bonchev–Trinajstić information content (AvgIpc) is 2.61. The van der Waals surface area contributed by atoms with Gasteiger partial charge in [0.25, 0.3) is 0 Å². The molecule has 0 amide bonds. The van der Waals surface area contributed by atoms with E-state index < -0.39 is 0 Å². The smallest absolute Gasteiger partial charge is 0.135 e. The van der Waals surface area contributed by atoms with Crippen LogP contribution < -0.4 is 0 Å². The molecular formula is C11H13NO2. The van der Waals surface area contributed by atoms with Crippen LogP contribution in [0.25, 0.3) is 0 Å². The lowest BCUT2D eigenvalue weighted by atomic mass is 9.94. The van der Waals surface area contributed by atoms with Gasteiger partial charge in [-0.25, -0.2) is 0 Å². The standard InChI is InChI=1S/C11H13NO2/c1-8-10(7-13)11(12-14-8)9-5-3-2-4-6-9/h2-6,8,10,13H,7H2,1H3/t8?,10-/m1/s1. The Bertz CT molecular complexity index is 334. The van der Waals surface area contributed by atoms with Crippen molar-refractivity contribution < 1.29 is 9.94 Å². The fourth-order valence-corrected chi connectivity index (χ4v) is 1.61. The monoisotopic (exact) mass is 191 g/mol. The Hall–Kier alpha value is -1.35. The molecule has 2 rings (SSSR count). The predicted molar refractivity (Wildman–Crippen MR) is 54.1 cm³/mol. The van der Waals surface area contributed by atoms with E-state index in [0.29, 0.717) is 0 Å². The molecule has 0 spiro atoms. The highest BCUT2D eigenvalue weighted by Crippen LogP contribution is 2.22. The Morgan fingerprint density at radius 3 is 2.71 bits per heavy atom. The van der Waals surface area contributed by atoms with E-state index in [1.165, 1.54) is 0 Å². The molecule has 0 bridgehead atoms. The van der Waals surface area contributed by atoms with Crippen molar-refractivity contribution in [3.63, 3.8) is 0 Å². The van der Waals surface area contributed by atoms with Crippen LogP contribution >= 0.6 is 0 Å². The van der Waals surface area contributed by atoms with Crippen LogP contribution in [0, 0.1) is 5.92 Å². The number of aliphatic hydroxyl groups is 1. The van der Waals surface area contributed by atoms with Crippen molar-refractivity contribution >= 4 is 5.71 Å². The number of hydrogen-bond donors (Lipinski definition) is 1. The molecule has 0 saturated heterocycles. The molecule has 0 fully saturated rings. The molecule has 1 N–H and O–H groups in total. The minimum atomic E-state index is -0.0322. The second kappa shape index (κ2) is 3.80. The number of rotatable bonds is 2. The van der Waals surface area contributed by atoms with Crippen LogP contribution in [0.15, 0.2) is 35.5 Å². The number of oxime groups is 1. The third-order valence-corrected chi connectivity index (χ3v) is 2.50. The highest BCUT2D eigenvalue weighted by atomic mass is 16.6. The summed E-state index contributed by atoms with van der Waals surface area (Å²) in [6.07, 6.45) is -0.0322. The maximum atomic E-state index is 9.21. The second-order valence-electron chi connectivity index (χ2n) is 3.44. The van der Waals surface area contributed by atoms with Gasteiger partial charge in [-0.1, -0.05) is 35.5 Å². The SMILES string of the molecule is CC1ON=C(c2ccccc2)[C@@H]1CO. The van der Waals surface area contributed by atoms with Crippen LogP contribution in [0.4, 0.5) is 0 Å². The highest BCUT2D eigenvalue weighted by Gasteiger charge is 2.30. The topological polar surface area (TPSA) is 41.8 Å². The molecule has 0 aliphatic carbocycles. The molecule has 1 aliphatic rings. The number of benzene rings is 1. The fraction of sp³-hybridized carbons (Fsp3) is 0.364. The first kappa shape index (κ1) is 9.21. The van der Waals surface area contributed by atoms with E-state index in [0.717, 1.165) is 11.3 Å². The summed E-state index contributed by atoms with van der Waals surface area (Å²) in [5.74, 6) is -0.00241. The van der Waals surface area contributed by atoms with Crippen LogP contribution in [0.2, 0.25) is 0 Å². The van der Waals surface area contributed by atoms with Crippen molar-refractivity contribution in [3.8, 4) is 0 Å². The lowest BCUT2D eigenvalue weighted by Gasteiger charge is -2.11. The van der Waals surface area contributed by atoms with Crippen molar-refractivity contribution in [1.82, 2.24) is 0 Å². The van der Waals surface area contributed by atoms with E-state index in [2.05, 4.69) is 5.16 Å². The van der Waals surface area contributed by atoms with E-state index >= 15 is 0 Å². The zero-order valence-corrected chi connectivity index (χ0v) is 8.05. The first-order valence-electron chi connectivity index (χ1n) is 4.73. The van der Waals surface area contributed by atoms with Gasteiger partial charge in [0.15, 0.2) is 0 Å². The van der Waals surface area contributed by atoms with Gasteiger partial charge in [0.1, 0.15) is 6.10 Å². The minimum Gasteiger partial charge on any atom is -0.396 e. The van der Waals surface area contributed by atoms with Crippen molar-refractivity contribution in [2.75, 3.05) is 6.61 Å². The third-order valence-electron chi connectivity index (χ3n) is 2.50. The van der Waals surface area contributed by atoms with Gasteiger partial charge in [-0.3, -0.25) is 0 Å². The summed E-state index contributed by atoms with van der Waals surface area (Å²) in [5.41, 5.74) is 1.87. The van der Waals surface area contributed by atoms with E-state index in [9.17, 15) is 5.11 Å². The van der Waals surface area contributed by atoms with Gasteiger partial charge in [-0.2, -0.15) is 0 Å². The Kier molecular flexibility index (Phi) is 2.50. The average molecular weight is 191 g/mol. The van der Waals surface area contributed by atoms with Gasteiger partial charge < -0.3 is 9.94 Å². The molecule has 2 atom stereocenters. The van der Waals surface area contributed by atoms with E-state index in [-0.39, 0.29) is 18.6 Å². The Morgan fingerprint density at radius 2 is 2.07 bits per heavy atom. The molecule has 74 valence electrons. The Morgan fingerprint density at radius 1 is 1.36 bits per heavy atom. The quantitative estimate of drug-likeness (QED) is 0.768. The molecule has 1 unspecified atom stereocenters. The molecule has 0 aromatic heterocycles. The summed E-state index contributed by atoms with van der Waals surface area (Å²) in [4.78, 5) is 5.15. The maximum absolute atomic E-state index is 9.21. The molecule has 3 nitrogen and oxygen atoms in total. The van der Waals surface area contributed by atoms with Gasteiger partial charge in [-0.05, 0) is 12.5 Å². The number of hydrogen-bond acceptors (Lipinski definition) is 3. The molecule has 1 heterocycles. The first-order valence-corrected chi connectivity index (χ1v) is 4.73. The summed E-state index contributed by atoms with van der Waals surface area (Å²) >= 11 is 0. The first-order chi connectivity index (χ1) is 6.83. The minimum absolute atomic E-state index is 0.00241. The summed E-state index contributed by atoms with van der Waals surface area (Å²) in [7, 11) is 0. The second-order valence-corrected chi connectivity index (χ2v) is 3.44. The van der Waals surface area contributed by atoms with E-state index in [1.54, 1.807) is 0 Å². The van der Waals surface area contributed by atoms with Gasteiger partial charge in [0.05, 0.1) is 18.2 Å². The molecule has 0 radical (unpaired) electrons. The van der Waals surface area contributed by atoms with Crippen LogP contribution in [-0.2, 0) is 4.84 Å². The van der Waals surface area contributed by atoms with Crippen molar-refractivity contribution in [3.05, 3.63) is 35.9 Å². The summed E-state index contributed by atoms with van der Waals surface area (Å²) in [6.45, 7) is 2.00. The molecule has 1 aliphatic heterocycles. The van der Waals surface area contributed by atoms with Crippen molar-refractivity contribution in [1.29, 1.82) is 0 Å². The molecular weight excluding hydrogens is 178 g/mol. The van der Waals surface area contributed by atoms with E-state index in [4.69, 9.17) is 4.84 Å². The van der Waals surface area contributed by atoms with Crippen LogP contribution in [-0.4, -0.2) is 23.5 Å². The lowest BCUT2D eigenvalue weighted by Crippen LogP contribution is -2.24. The Balaban J connectivity index is 2.28. The van der Waals surface area contributed by atoms with E-state index in [1.807, 2.05) is 37.3 Å². The largest absolute Gasteiger partial charge is 0.396 e. The third kappa shape index (κ3) is 1.51. The van der Waals surface area contributed by atoms with Crippen LogP contribution in [0.1, 0.15) is 12.5 Å².